The first-order chi connectivity index (χ1) is 11.2. The highest BCUT2D eigenvalue weighted by atomic mass is 127. The zero-order chi connectivity index (χ0) is 16.5. The van der Waals surface area contributed by atoms with E-state index in [0.29, 0.717) is 5.92 Å². The van der Waals surface area contributed by atoms with Crippen LogP contribution in [0.2, 0.25) is 0 Å². The second-order valence-electron chi connectivity index (χ2n) is 5.73. The number of aliphatic imine (C=N–C) groups is 1. The lowest BCUT2D eigenvalue weighted by Crippen LogP contribution is -2.38. The Morgan fingerprint density at radius 1 is 1.42 bits per heavy atom. The number of aromatic amines is 1. The molecule has 0 amide bonds. The Balaban J connectivity index is 0.00000288. The summed E-state index contributed by atoms with van der Waals surface area (Å²) in [4.78, 5) is 4.70. The molecule has 7 heteroatoms. The number of guanidine groups is 1. The zero-order valence-corrected chi connectivity index (χ0v) is 17.8. The van der Waals surface area contributed by atoms with E-state index in [1.807, 2.05) is 6.20 Å². The summed E-state index contributed by atoms with van der Waals surface area (Å²) in [6.45, 7) is 8.95. The van der Waals surface area contributed by atoms with Crippen LogP contribution in [0.4, 0.5) is 0 Å². The topological polar surface area (TPSA) is 65.1 Å². The summed E-state index contributed by atoms with van der Waals surface area (Å²) in [6, 6.07) is 2.18. The summed E-state index contributed by atoms with van der Waals surface area (Å²) in [5, 5.41) is 18.1. The van der Waals surface area contributed by atoms with Crippen molar-refractivity contribution in [3.63, 3.8) is 0 Å². The van der Waals surface area contributed by atoms with Gasteiger partial charge in [-0.2, -0.15) is 16.4 Å². The molecule has 0 fully saturated rings. The molecule has 2 aromatic rings. The molecule has 0 aliphatic rings. The first kappa shape index (κ1) is 21.0. The maximum atomic E-state index is 4.70. The highest BCUT2D eigenvalue weighted by Crippen LogP contribution is 2.18. The highest BCUT2D eigenvalue weighted by Gasteiger charge is 2.06. The SMILES string of the molecule is CCNC(=NCC(C)c1ccsc1)NCCCc1cn[nH]c1C.I. The quantitative estimate of drug-likeness (QED) is 0.243. The molecule has 2 aromatic heterocycles. The van der Waals surface area contributed by atoms with Crippen molar-refractivity contribution in [2.45, 2.75) is 39.5 Å². The normalized spacial score (nSPS) is 12.5. The Morgan fingerprint density at radius 3 is 2.88 bits per heavy atom. The van der Waals surface area contributed by atoms with Crippen LogP contribution in [0.3, 0.4) is 0 Å². The van der Waals surface area contributed by atoms with Crippen LogP contribution in [0.5, 0.6) is 0 Å². The Hall–Kier alpha value is -1.09. The maximum absolute atomic E-state index is 4.70. The predicted octanol–water partition coefficient (Wildman–Crippen LogP) is 3.69. The van der Waals surface area contributed by atoms with Crippen LogP contribution in [-0.2, 0) is 6.42 Å². The molecule has 2 rings (SSSR count). The predicted molar refractivity (Wildman–Crippen MR) is 114 cm³/mol. The number of H-pyrrole nitrogens is 1. The van der Waals surface area contributed by atoms with E-state index in [4.69, 9.17) is 4.99 Å². The molecule has 3 N–H and O–H groups in total. The number of halogens is 1. The van der Waals surface area contributed by atoms with Gasteiger partial charge in [0.1, 0.15) is 0 Å². The second kappa shape index (κ2) is 11.5. The summed E-state index contributed by atoms with van der Waals surface area (Å²) >= 11 is 1.74. The smallest absolute Gasteiger partial charge is 0.191 e. The van der Waals surface area contributed by atoms with Crippen molar-refractivity contribution in [2.24, 2.45) is 4.99 Å². The molecule has 2 heterocycles. The third-order valence-electron chi connectivity index (χ3n) is 3.83. The molecule has 1 unspecified atom stereocenters. The molecular formula is C17H28IN5S. The lowest BCUT2D eigenvalue weighted by Gasteiger charge is -2.13. The van der Waals surface area contributed by atoms with Gasteiger partial charge in [0.25, 0.3) is 0 Å². The largest absolute Gasteiger partial charge is 0.357 e. The third-order valence-corrected chi connectivity index (χ3v) is 4.53. The molecule has 0 aliphatic carbocycles. The molecule has 0 aliphatic heterocycles. The molecule has 0 bridgehead atoms. The van der Waals surface area contributed by atoms with Gasteiger partial charge in [0.15, 0.2) is 5.96 Å². The van der Waals surface area contributed by atoms with Crippen molar-refractivity contribution in [3.05, 3.63) is 39.8 Å². The number of hydrogen-bond donors (Lipinski definition) is 3. The lowest BCUT2D eigenvalue weighted by atomic mass is 10.1. The molecule has 0 saturated heterocycles. The van der Waals surface area contributed by atoms with Gasteiger partial charge in [0.2, 0.25) is 0 Å². The fourth-order valence-electron chi connectivity index (χ4n) is 2.34. The summed E-state index contributed by atoms with van der Waals surface area (Å²) in [5.74, 6) is 1.35. The number of nitrogens with zero attached hydrogens (tertiary/aromatic N) is 2. The summed E-state index contributed by atoms with van der Waals surface area (Å²) in [7, 11) is 0. The number of aromatic nitrogens is 2. The van der Waals surface area contributed by atoms with Gasteiger partial charge in [0, 0.05) is 31.2 Å². The average Bonchev–Trinajstić information content (AvgIpc) is 3.20. The number of rotatable bonds is 8. The highest BCUT2D eigenvalue weighted by molar-refractivity contribution is 14.0. The van der Waals surface area contributed by atoms with Gasteiger partial charge in [0.05, 0.1) is 6.20 Å². The minimum absolute atomic E-state index is 0. The van der Waals surface area contributed by atoms with E-state index in [0.717, 1.165) is 44.1 Å². The first-order valence-electron chi connectivity index (χ1n) is 8.23. The minimum Gasteiger partial charge on any atom is -0.357 e. The van der Waals surface area contributed by atoms with E-state index in [9.17, 15) is 0 Å². The average molecular weight is 461 g/mol. The summed E-state index contributed by atoms with van der Waals surface area (Å²) < 4.78 is 0. The molecular weight excluding hydrogens is 433 g/mol. The van der Waals surface area contributed by atoms with Crippen molar-refractivity contribution >= 4 is 41.3 Å². The molecule has 134 valence electrons. The number of aryl methyl sites for hydroxylation is 2. The Morgan fingerprint density at radius 2 is 2.25 bits per heavy atom. The third kappa shape index (κ3) is 6.80. The number of thiophene rings is 1. The molecule has 1 atom stereocenters. The van der Waals surface area contributed by atoms with Crippen LogP contribution in [0.25, 0.3) is 0 Å². The van der Waals surface area contributed by atoms with Crippen molar-refractivity contribution in [1.82, 2.24) is 20.8 Å². The van der Waals surface area contributed by atoms with Crippen LogP contribution < -0.4 is 10.6 Å². The maximum Gasteiger partial charge on any atom is 0.191 e. The molecule has 0 saturated carbocycles. The van der Waals surface area contributed by atoms with Gasteiger partial charge in [-0.25, -0.2) is 0 Å². The Labute approximate surface area is 165 Å². The van der Waals surface area contributed by atoms with Crippen molar-refractivity contribution in [2.75, 3.05) is 19.6 Å². The fraction of sp³-hybridized carbons (Fsp3) is 0.529. The van der Waals surface area contributed by atoms with Gasteiger partial charge >= 0.3 is 0 Å². The summed E-state index contributed by atoms with van der Waals surface area (Å²) in [6.07, 6.45) is 4.00. The van der Waals surface area contributed by atoms with Crippen LogP contribution in [-0.4, -0.2) is 35.8 Å². The Bertz CT molecular complexity index is 594. The Kier molecular flexibility index (Phi) is 10.0. The minimum atomic E-state index is 0. The van der Waals surface area contributed by atoms with Crippen LogP contribution >= 0.6 is 35.3 Å². The van der Waals surface area contributed by atoms with E-state index >= 15 is 0 Å². The lowest BCUT2D eigenvalue weighted by molar-refractivity contribution is 0.724. The van der Waals surface area contributed by atoms with E-state index < -0.39 is 0 Å². The zero-order valence-electron chi connectivity index (χ0n) is 14.6. The molecule has 0 aromatic carbocycles. The van der Waals surface area contributed by atoms with Crippen molar-refractivity contribution < 1.29 is 0 Å². The first-order valence-corrected chi connectivity index (χ1v) is 9.18. The van der Waals surface area contributed by atoms with Crippen LogP contribution in [0.1, 0.15) is 43.0 Å². The van der Waals surface area contributed by atoms with Crippen molar-refractivity contribution in [1.29, 1.82) is 0 Å². The van der Waals surface area contributed by atoms with Gasteiger partial charge < -0.3 is 10.6 Å². The molecule has 0 spiro atoms. The van der Waals surface area contributed by atoms with Gasteiger partial charge in [-0.1, -0.05) is 6.92 Å². The van der Waals surface area contributed by atoms with Gasteiger partial charge in [-0.3, -0.25) is 10.1 Å². The number of hydrogen-bond acceptors (Lipinski definition) is 3. The van der Waals surface area contributed by atoms with E-state index in [-0.39, 0.29) is 24.0 Å². The standard InChI is InChI=1S/C17H27N5S.HI/c1-4-18-17(20-10-13(2)16-7-9-23-12-16)19-8-5-6-15-11-21-22-14(15)3;/h7,9,11-13H,4-6,8,10H2,1-3H3,(H,21,22)(H2,18,19,20);1H. The van der Waals surface area contributed by atoms with Crippen molar-refractivity contribution in [3.8, 4) is 0 Å². The van der Waals surface area contributed by atoms with E-state index in [2.05, 4.69) is 58.4 Å². The molecule has 5 nitrogen and oxygen atoms in total. The second-order valence-corrected chi connectivity index (χ2v) is 6.51. The van der Waals surface area contributed by atoms with Crippen LogP contribution in [0.15, 0.2) is 28.0 Å². The monoisotopic (exact) mass is 461 g/mol. The molecule has 0 radical (unpaired) electrons. The molecule has 24 heavy (non-hydrogen) atoms. The van der Waals surface area contributed by atoms with Gasteiger partial charge in [-0.05, 0) is 54.6 Å². The number of nitrogens with one attached hydrogen (secondary N) is 3. The van der Waals surface area contributed by atoms with Gasteiger partial charge in [-0.15, -0.1) is 24.0 Å². The van der Waals surface area contributed by atoms with Crippen LogP contribution in [0, 0.1) is 6.92 Å². The summed E-state index contributed by atoms with van der Waals surface area (Å²) in [5.41, 5.74) is 3.82. The van der Waals surface area contributed by atoms with E-state index in [1.54, 1.807) is 11.3 Å². The van der Waals surface area contributed by atoms with E-state index in [1.165, 1.54) is 11.1 Å². The fourth-order valence-corrected chi connectivity index (χ4v) is 3.13.